The Morgan fingerprint density at radius 3 is 2.86 bits per heavy atom. The number of hydrogen-bond acceptors (Lipinski definition) is 5. The molecule has 1 aromatic heterocycles. The third-order valence-electron chi connectivity index (χ3n) is 2.86. The number of amides is 1. The van der Waals surface area contributed by atoms with Crippen molar-refractivity contribution in [1.29, 1.82) is 0 Å². The number of hydrogen-bond donors (Lipinski definition) is 3. The number of carbonyl (C=O) groups excluding carboxylic acids is 1. The lowest BCUT2D eigenvalue weighted by molar-refractivity contribution is 0.102. The van der Waals surface area contributed by atoms with Gasteiger partial charge in [0.25, 0.3) is 5.91 Å². The topological polar surface area (TPSA) is 89.3 Å². The molecular weight excluding hydrogens is 268 g/mol. The highest BCUT2D eigenvalue weighted by Gasteiger charge is 2.09. The number of nitrogen functional groups attached to an aromatic ring is 1. The third-order valence-corrected chi connectivity index (χ3v) is 2.86. The van der Waals surface area contributed by atoms with Crippen LogP contribution in [0.5, 0.6) is 0 Å². The largest absolute Gasteiger partial charge is 0.380 e. The Labute approximate surface area is 123 Å². The average molecular weight is 286 g/mol. The van der Waals surface area contributed by atoms with Gasteiger partial charge in [-0.3, -0.25) is 4.79 Å². The second-order valence-corrected chi connectivity index (χ2v) is 4.61. The molecule has 0 saturated carbocycles. The van der Waals surface area contributed by atoms with E-state index in [9.17, 15) is 4.79 Å². The maximum absolute atomic E-state index is 12.3. The molecule has 2 rings (SSSR count). The van der Waals surface area contributed by atoms with Crippen LogP contribution in [0.1, 0.15) is 21.6 Å². The quantitative estimate of drug-likeness (QED) is 0.578. The van der Waals surface area contributed by atoms with Crippen molar-refractivity contribution in [2.45, 2.75) is 13.5 Å². The van der Waals surface area contributed by atoms with Gasteiger partial charge in [-0.05, 0) is 36.8 Å². The van der Waals surface area contributed by atoms with Gasteiger partial charge in [0, 0.05) is 24.1 Å². The van der Waals surface area contributed by atoms with Crippen molar-refractivity contribution < 1.29 is 9.53 Å². The summed E-state index contributed by atoms with van der Waals surface area (Å²) >= 11 is 0. The van der Waals surface area contributed by atoms with E-state index >= 15 is 0 Å². The van der Waals surface area contributed by atoms with Crippen LogP contribution in [-0.2, 0) is 11.3 Å². The Balaban J connectivity index is 2.17. The fraction of sp³-hybridized carbons (Fsp3) is 0.200. The van der Waals surface area contributed by atoms with Gasteiger partial charge in [-0.2, -0.15) is 0 Å². The number of nitrogens with two attached hydrogens (primary N) is 1. The number of aromatic nitrogens is 1. The Morgan fingerprint density at radius 2 is 2.14 bits per heavy atom. The predicted molar refractivity (Wildman–Crippen MR) is 81.9 cm³/mol. The van der Waals surface area contributed by atoms with Gasteiger partial charge in [0.05, 0.1) is 6.61 Å². The van der Waals surface area contributed by atoms with Gasteiger partial charge in [0.1, 0.15) is 5.82 Å². The lowest BCUT2D eigenvalue weighted by atomic mass is 10.2. The number of ether oxygens (including phenoxy) is 1. The van der Waals surface area contributed by atoms with Crippen molar-refractivity contribution in [3.8, 4) is 0 Å². The number of anilines is 2. The van der Waals surface area contributed by atoms with Gasteiger partial charge in [-0.25, -0.2) is 10.8 Å². The molecule has 0 atom stereocenters. The van der Waals surface area contributed by atoms with Gasteiger partial charge in [0.15, 0.2) is 0 Å². The van der Waals surface area contributed by atoms with E-state index in [1.165, 1.54) is 0 Å². The SMILES string of the molecule is COCc1cccc(NC(=O)c2cc(C)nc(NN)c2)c1. The molecule has 0 aliphatic carbocycles. The fourth-order valence-corrected chi connectivity index (χ4v) is 1.98. The predicted octanol–water partition coefficient (Wildman–Crippen LogP) is 2.07. The standard InChI is InChI=1S/C15H18N4O2/c1-10-6-12(8-14(17-10)19-16)15(20)18-13-5-3-4-11(7-13)9-21-2/h3-8H,9,16H2,1-2H3,(H,17,19)(H,18,20). The molecular formula is C15H18N4O2. The molecule has 6 heteroatoms. The van der Waals surface area contributed by atoms with Crippen molar-refractivity contribution in [3.63, 3.8) is 0 Å². The fourth-order valence-electron chi connectivity index (χ4n) is 1.98. The van der Waals surface area contributed by atoms with Crippen molar-refractivity contribution in [2.24, 2.45) is 5.84 Å². The van der Waals surface area contributed by atoms with Crippen LogP contribution in [0, 0.1) is 6.92 Å². The lowest BCUT2D eigenvalue weighted by Crippen LogP contribution is -2.15. The first-order chi connectivity index (χ1) is 10.1. The minimum atomic E-state index is -0.216. The normalized spacial score (nSPS) is 10.2. The van der Waals surface area contributed by atoms with E-state index in [2.05, 4.69) is 15.7 Å². The molecule has 6 nitrogen and oxygen atoms in total. The molecule has 1 heterocycles. The van der Waals surface area contributed by atoms with E-state index < -0.39 is 0 Å². The van der Waals surface area contributed by atoms with Crippen molar-refractivity contribution >= 4 is 17.4 Å². The van der Waals surface area contributed by atoms with E-state index in [4.69, 9.17) is 10.6 Å². The smallest absolute Gasteiger partial charge is 0.255 e. The minimum Gasteiger partial charge on any atom is -0.380 e. The average Bonchev–Trinajstić information content (AvgIpc) is 2.47. The molecule has 21 heavy (non-hydrogen) atoms. The number of hydrazine groups is 1. The Kier molecular flexibility index (Phi) is 4.86. The van der Waals surface area contributed by atoms with Crippen LogP contribution in [0.15, 0.2) is 36.4 Å². The van der Waals surface area contributed by atoms with Crippen LogP contribution < -0.4 is 16.6 Å². The number of nitrogens with one attached hydrogen (secondary N) is 2. The molecule has 4 N–H and O–H groups in total. The Morgan fingerprint density at radius 1 is 1.33 bits per heavy atom. The first-order valence-corrected chi connectivity index (χ1v) is 6.47. The van der Waals surface area contributed by atoms with Crippen molar-refractivity contribution in [2.75, 3.05) is 17.9 Å². The summed E-state index contributed by atoms with van der Waals surface area (Å²) < 4.78 is 5.08. The molecule has 0 spiro atoms. The second kappa shape index (κ2) is 6.83. The highest BCUT2D eigenvalue weighted by Crippen LogP contribution is 2.15. The molecule has 1 aromatic carbocycles. The maximum atomic E-state index is 12.3. The molecule has 0 unspecified atom stereocenters. The number of pyridine rings is 1. The van der Waals surface area contributed by atoms with Crippen LogP contribution in [0.25, 0.3) is 0 Å². The molecule has 110 valence electrons. The van der Waals surface area contributed by atoms with E-state index in [-0.39, 0.29) is 5.91 Å². The molecule has 1 amide bonds. The van der Waals surface area contributed by atoms with Gasteiger partial charge in [-0.15, -0.1) is 0 Å². The van der Waals surface area contributed by atoms with Gasteiger partial charge in [-0.1, -0.05) is 12.1 Å². The van der Waals surface area contributed by atoms with Crippen LogP contribution in [0.2, 0.25) is 0 Å². The molecule has 0 fully saturated rings. The zero-order valence-electron chi connectivity index (χ0n) is 12.0. The van der Waals surface area contributed by atoms with E-state index in [1.807, 2.05) is 24.3 Å². The Hall–Kier alpha value is -2.44. The summed E-state index contributed by atoms with van der Waals surface area (Å²) in [7, 11) is 1.63. The molecule has 0 aliphatic rings. The minimum absolute atomic E-state index is 0.216. The van der Waals surface area contributed by atoms with Gasteiger partial charge in [0.2, 0.25) is 0 Å². The first-order valence-electron chi connectivity index (χ1n) is 6.47. The molecule has 0 aliphatic heterocycles. The first kappa shape index (κ1) is 15.0. The van der Waals surface area contributed by atoms with Crippen molar-refractivity contribution in [1.82, 2.24) is 4.98 Å². The number of aryl methyl sites for hydroxylation is 1. The summed E-state index contributed by atoms with van der Waals surface area (Å²) in [6.07, 6.45) is 0. The summed E-state index contributed by atoms with van der Waals surface area (Å²) in [5.74, 6) is 5.57. The van der Waals surface area contributed by atoms with Gasteiger partial charge >= 0.3 is 0 Å². The summed E-state index contributed by atoms with van der Waals surface area (Å²) in [5.41, 5.74) is 5.36. The summed E-state index contributed by atoms with van der Waals surface area (Å²) in [4.78, 5) is 16.4. The molecule has 2 aromatic rings. The van der Waals surface area contributed by atoms with Crippen LogP contribution in [-0.4, -0.2) is 18.0 Å². The number of carbonyl (C=O) groups is 1. The van der Waals surface area contributed by atoms with E-state index in [0.29, 0.717) is 29.4 Å². The number of methoxy groups -OCH3 is 1. The van der Waals surface area contributed by atoms with Crippen LogP contribution in [0.4, 0.5) is 11.5 Å². The highest BCUT2D eigenvalue weighted by atomic mass is 16.5. The summed E-state index contributed by atoms with van der Waals surface area (Å²) in [6.45, 7) is 2.30. The molecule has 0 saturated heterocycles. The van der Waals surface area contributed by atoms with Crippen LogP contribution in [0.3, 0.4) is 0 Å². The van der Waals surface area contributed by atoms with Crippen molar-refractivity contribution in [3.05, 3.63) is 53.2 Å². The number of benzene rings is 1. The van der Waals surface area contributed by atoms with E-state index in [1.54, 1.807) is 26.2 Å². The Bertz CT molecular complexity index is 643. The van der Waals surface area contributed by atoms with Gasteiger partial charge < -0.3 is 15.5 Å². The second-order valence-electron chi connectivity index (χ2n) is 4.61. The summed E-state index contributed by atoms with van der Waals surface area (Å²) in [6, 6.07) is 10.8. The zero-order valence-corrected chi connectivity index (χ0v) is 12.0. The zero-order chi connectivity index (χ0) is 15.2. The molecule has 0 radical (unpaired) electrons. The van der Waals surface area contributed by atoms with Crippen LogP contribution >= 0.6 is 0 Å². The number of nitrogens with zero attached hydrogens (tertiary/aromatic N) is 1. The van der Waals surface area contributed by atoms with E-state index in [0.717, 1.165) is 5.56 Å². The number of rotatable bonds is 5. The third kappa shape index (κ3) is 4.01. The molecule has 0 bridgehead atoms. The summed E-state index contributed by atoms with van der Waals surface area (Å²) in [5, 5.41) is 2.84. The highest BCUT2D eigenvalue weighted by molar-refractivity contribution is 6.04. The lowest BCUT2D eigenvalue weighted by Gasteiger charge is -2.09. The monoisotopic (exact) mass is 286 g/mol. The maximum Gasteiger partial charge on any atom is 0.255 e.